The molecule has 6 nitrogen and oxygen atoms in total. The summed E-state index contributed by atoms with van der Waals surface area (Å²) in [6.45, 7) is 3.79. The van der Waals surface area contributed by atoms with Crippen LogP contribution in [0.1, 0.15) is 50.1 Å². The lowest BCUT2D eigenvalue weighted by atomic mass is 10.0. The fourth-order valence-electron chi connectivity index (χ4n) is 7.35. The summed E-state index contributed by atoms with van der Waals surface area (Å²) < 4.78 is 0. The second-order valence-electron chi connectivity index (χ2n) is 14.1. The SMILES string of the molecule is Oc1c2cc(Cl)cc1CN(Cc1ccccc1)Cc1cc(Cl)cc(c1O)CN(Cc1ccccc1)Cc1cc(Cl)cc(c1O)CN(Cc1ccccc1)C2. The summed E-state index contributed by atoms with van der Waals surface area (Å²) in [4.78, 5) is 6.53. The van der Waals surface area contributed by atoms with Gasteiger partial charge in [0.15, 0.2) is 0 Å². The molecule has 6 aromatic carbocycles. The van der Waals surface area contributed by atoms with Crippen LogP contribution in [-0.2, 0) is 58.9 Å². The Morgan fingerprint density at radius 3 is 0.759 bits per heavy atom. The smallest absolute Gasteiger partial charge is 0.124 e. The van der Waals surface area contributed by atoms with Crippen LogP contribution in [-0.4, -0.2) is 30.0 Å². The fourth-order valence-corrected chi connectivity index (χ4v) is 8.14. The third kappa shape index (κ3) is 9.57. The van der Waals surface area contributed by atoms with E-state index in [9.17, 15) is 15.3 Å². The van der Waals surface area contributed by atoms with Crippen LogP contribution in [0.25, 0.3) is 0 Å². The monoisotopic (exact) mass is 777 g/mol. The van der Waals surface area contributed by atoms with Crippen molar-refractivity contribution in [1.29, 1.82) is 0 Å². The highest BCUT2D eigenvalue weighted by atomic mass is 35.5. The summed E-state index contributed by atoms with van der Waals surface area (Å²) in [6.07, 6.45) is 0. The van der Waals surface area contributed by atoms with Crippen molar-refractivity contribution >= 4 is 34.8 Å². The summed E-state index contributed by atoms with van der Waals surface area (Å²) >= 11 is 20.4. The molecule has 0 spiro atoms. The molecule has 0 radical (unpaired) electrons. The summed E-state index contributed by atoms with van der Waals surface area (Å²) in [5.74, 6) is 0.459. The highest BCUT2D eigenvalue weighted by molar-refractivity contribution is 6.31. The van der Waals surface area contributed by atoms with Gasteiger partial charge in [0, 0.05) is 107 Å². The van der Waals surface area contributed by atoms with E-state index < -0.39 is 0 Å². The van der Waals surface area contributed by atoms with Gasteiger partial charge in [0.25, 0.3) is 0 Å². The molecule has 7 rings (SSSR count). The Morgan fingerprint density at radius 1 is 0.352 bits per heavy atom. The van der Waals surface area contributed by atoms with Crippen molar-refractivity contribution in [2.24, 2.45) is 0 Å². The fraction of sp³-hybridized carbons (Fsp3) is 0.200. The number of phenols is 3. The van der Waals surface area contributed by atoms with Gasteiger partial charge in [-0.1, -0.05) is 126 Å². The van der Waals surface area contributed by atoms with Gasteiger partial charge in [0.05, 0.1) is 0 Å². The van der Waals surface area contributed by atoms with Gasteiger partial charge in [-0.2, -0.15) is 0 Å². The predicted octanol–water partition coefficient (Wildman–Crippen LogP) is 10.7. The van der Waals surface area contributed by atoms with E-state index >= 15 is 0 Å². The van der Waals surface area contributed by atoms with Gasteiger partial charge in [-0.3, -0.25) is 14.7 Å². The molecule has 9 heteroatoms. The van der Waals surface area contributed by atoms with Crippen LogP contribution < -0.4 is 0 Å². The predicted molar refractivity (Wildman–Crippen MR) is 218 cm³/mol. The van der Waals surface area contributed by atoms with E-state index in [2.05, 4.69) is 51.1 Å². The Labute approximate surface area is 332 Å². The largest absolute Gasteiger partial charge is 0.507 e. The molecule has 0 amide bonds. The highest BCUT2D eigenvalue weighted by Gasteiger charge is 2.23. The van der Waals surface area contributed by atoms with Crippen molar-refractivity contribution < 1.29 is 15.3 Å². The summed E-state index contributed by atoms with van der Waals surface area (Å²) in [7, 11) is 0. The van der Waals surface area contributed by atoms with Gasteiger partial charge in [0.2, 0.25) is 0 Å². The molecular formula is C45H42Cl3N3O3. The third-order valence-corrected chi connectivity index (χ3v) is 10.5. The van der Waals surface area contributed by atoms with Crippen molar-refractivity contribution in [3.63, 3.8) is 0 Å². The number of phenolic OH excluding ortho intramolecular Hbond substituents is 3. The minimum atomic E-state index is 0.153. The van der Waals surface area contributed by atoms with Crippen LogP contribution in [0, 0.1) is 0 Å². The number of aromatic hydroxyl groups is 3. The van der Waals surface area contributed by atoms with E-state index in [0.717, 1.165) is 16.7 Å². The summed E-state index contributed by atoms with van der Waals surface area (Å²) in [5.41, 5.74) is 7.25. The molecule has 1 heterocycles. The molecule has 0 unspecified atom stereocenters. The van der Waals surface area contributed by atoms with Crippen molar-refractivity contribution in [2.45, 2.75) is 58.9 Å². The third-order valence-electron chi connectivity index (χ3n) is 9.81. The van der Waals surface area contributed by atoms with E-state index in [1.807, 2.05) is 54.6 Å². The molecule has 0 fully saturated rings. The average molecular weight is 779 g/mol. The second-order valence-corrected chi connectivity index (χ2v) is 15.4. The second kappa shape index (κ2) is 17.3. The van der Waals surface area contributed by atoms with Gasteiger partial charge >= 0.3 is 0 Å². The van der Waals surface area contributed by atoms with Crippen molar-refractivity contribution in [1.82, 2.24) is 14.7 Å². The van der Waals surface area contributed by atoms with Crippen molar-refractivity contribution in [2.75, 3.05) is 0 Å². The Balaban J connectivity index is 1.36. The molecule has 3 N–H and O–H groups in total. The van der Waals surface area contributed by atoms with Gasteiger partial charge in [0.1, 0.15) is 17.2 Å². The Kier molecular flexibility index (Phi) is 12.1. The Bertz CT molecular complexity index is 1870. The van der Waals surface area contributed by atoms with Crippen LogP contribution >= 0.6 is 34.8 Å². The Hall–Kier alpha value is -4.53. The molecule has 1 aliphatic rings. The maximum Gasteiger partial charge on any atom is 0.124 e. The van der Waals surface area contributed by atoms with Crippen LogP contribution in [0.3, 0.4) is 0 Å². The molecule has 0 aliphatic carbocycles. The average Bonchev–Trinajstić information content (AvgIpc) is 3.15. The van der Waals surface area contributed by atoms with E-state index in [1.54, 1.807) is 36.4 Å². The van der Waals surface area contributed by atoms with Gasteiger partial charge in [-0.15, -0.1) is 0 Å². The van der Waals surface area contributed by atoms with E-state index in [-0.39, 0.29) is 17.2 Å². The number of fused-ring (bicyclic) bond motifs is 6. The molecule has 0 atom stereocenters. The van der Waals surface area contributed by atoms with Crippen LogP contribution in [0.5, 0.6) is 17.2 Å². The molecule has 6 bridgehead atoms. The van der Waals surface area contributed by atoms with Crippen molar-refractivity contribution in [3.05, 3.63) is 193 Å². The summed E-state index contributed by atoms with van der Waals surface area (Å²) in [5, 5.41) is 37.2. The normalized spacial score (nSPS) is 14.7. The zero-order valence-corrected chi connectivity index (χ0v) is 32.1. The molecule has 276 valence electrons. The van der Waals surface area contributed by atoms with E-state index in [0.29, 0.717) is 107 Å². The molecule has 0 saturated carbocycles. The summed E-state index contributed by atoms with van der Waals surface area (Å²) in [6, 6.07) is 41.2. The number of rotatable bonds is 6. The molecule has 0 aromatic heterocycles. The van der Waals surface area contributed by atoms with Crippen LogP contribution in [0.15, 0.2) is 127 Å². The first-order valence-corrected chi connectivity index (χ1v) is 19.1. The van der Waals surface area contributed by atoms with Gasteiger partial charge < -0.3 is 15.3 Å². The highest BCUT2D eigenvalue weighted by Crippen LogP contribution is 2.36. The minimum absolute atomic E-state index is 0.153. The lowest BCUT2D eigenvalue weighted by Gasteiger charge is -2.28. The first kappa shape index (κ1) is 37.8. The zero-order chi connectivity index (χ0) is 37.6. The van der Waals surface area contributed by atoms with Crippen molar-refractivity contribution in [3.8, 4) is 17.2 Å². The lowest BCUT2D eigenvalue weighted by Crippen LogP contribution is -2.25. The number of halogens is 3. The van der Waals surface area contributed by atoms with E-state index in [1.165, 1.54) is 0 Å². The molecular weight excluding hydrogens is 737 g/mol. The number of hydrogen-bond acceptors (Lipinski definition) is 6. The maximum absolute atomic E-state index is 11.9. The number of benzene rings is 6. The molecule has 0 saturated heterocycles. The van der Waals surface area contributed by atoms with Gasteiger partial charge in [-0.05, 0) is 53.1 Å². The molecule has 54 heavy (non-hydrogen) atoms. The quantitative estimate of drug-likeness (QED) is 0.156. The first-order valence-electron chi connectivity index (χ1n) is 18.0. The standard InChI is InChI=1S/C45H42Cl3N3O3/c46-40-16-34-25-49(22-31-10-4-1-5-11-31)26-35-17-41(47)19-37(44(35)53)28-51(24-33-14-8-3-9-15-33)30-39-21-42(48)20-38(45(39)54)29-50(27-36(18-40)43(34)52)23-32-12-6-2-7-13-32/h1-21,52-54H,22-30H2. The molecule has 6 aromatic rings. The van der Waals surface area contributed by atoms with Crippen LogP contribution in [0.4, 0.5) is 0 Å². The topological polar surface area (TPSA) is 70.4 Å². The number of hydrogen-bond donors (Lipinski definition) is 3. The molecule has 1 aliphatic heterocycles. The lowest BCUT2D eigenvalue weighted by molar-refractivity contribution is 0.227. The Morgan fingerprint density at radius 2 is 0.556 bits per heavy atom. The van der Waals surface area contributed by atoms with Gasteiger partial charge in [-0.25, -0.2) is 0 Å². The minimum Gasteiger partial charge on any atom is -0.507 e. The first-order chi connectivity index (χ1) is 26.2. The van der Waals surface area contributed by atoms with Crippen LogP contribution in [0.2, 0.25) is 15.1 Å². The maximum atomic E-state index is 11.9. The van der Waals surface area contributed by atoms with E-state index in [4.69, 9.17) is 34.8 Å². The zero-order valence-electron chi connectivity index (χ0n) is 29.8. The number of nitrogens with zero attached hydrogens (tertiary/aromatic N) is 3.